The summed E-state index contributed by atoms with van der Waals surface area (Å²) in [5.74, 6) is 0. The van der Waals surface area contributed by atoms with Crippen LogP contribution in [-0.4, -0.2) is 62.9 Å². The largest absolute Gasteiger partial charge is 0.369 e. The van der Waals surface area contributed by atoms with Crippen LogP contribution in [-0.2, 0) is 22.9 Å². The molecule has 0 atom stereocenters. The number of anilines is 1. The van der Waals surface area contributed by atoms with E-state index in [2.05, 4.69) is 28.0 Å². The van der Waals surface area contributed by atoms with Gasteiger partial charge in [-0.1, -0.05) is 48.2 Å². The Balaban J connectivity index is 1.25. The molecular weight excluding hydrogens is 477 g/mol. The molecule has 2 aliphatic heterocycles. The van der Waals surface area contributed by atoms with Crippen molar-refractivity contribution < 1.29 is 8.42 Å². The van der Waals surface area contributed by atoms with Crippen molar-refractivity contribution >= 4 is 38.9 Å². The second-order valence-electron chi connectivity index (χ2n) is 9.37. The predicted octanol–water partition coefficient (Wildman–Crippen LogP) is 4.85. The van der Waals surface area contributed by atoms with Crippen molar-refractivity contribution in [3.63, 3.8) is 0 Å². The number of fused-ring (bicyclic) bond motifs is 1. The quantitative estimate of drug-likeness (QED) is 0.593. The van der Waals surface area contributed by atoms with Gasteiger partial charge in [0.25, 0.3) is 0 Å². The average molecular weight is 509 g/mol. The molecule has 33 heavy (non-hydrogen) atoms. The van der Waals surface area contributed by atoms with Gasteiger partial charge in [-0.25, -0.2) is 8.42 Å². The van der Waals surface area contributed by atoms with Crippen LogP contribution in [0.1, 0.15) is 36.8 Å². The van der Waals surface area contributed by atoms with Gasteiger partial charge >= 0.3 is 0 Å². The van der Waals surface area contributed by atoms with E-state index >= 15 is 0 Å². The molecule has 0 spiro atoms. The Hall–Kier alpha value is -1.31. The van der Waals surface area contributed by atoms with Gasteiger partial charge in [0.05, 0.1) is 10.0 Å². The van der Waals surface area contributed by atoms with Crippen LogP contribution in [0.25, 0.3) is 0 Å². The smallest absolute Gasteiger partial charge is 0.244 e. The van der Waals surface area contributed by atoms with Crippen molar-refractivity contribution in [3.8, 4) is 0 Å². The number of sulfonamides is 1. The fourth-order valence-corrected chi connectivity index (χ4v) is 7.73. The lowest BCUT2D eigenvalue weighted by molar-refractivity contribution is 0.208. The molecule has 1 aliphatic carbocycles. The molecule has 1 saturated heterocycles. The summed E-state index contributed by atoms with van der Waals surface area (Å²) < 4.78 is 27.8. The lowest BCUT2D eigenvalue weighted by atomic mass is 10.0. The van der Waals surface area contributed by atoms with E-state index in [1.165, 1.54) is 59.4 Å². The van der Waals surface area contributed by atoms with Gasteiger partial charge in [-0.05, 0) is 61.1 Å². The Bertz CT molecular complexity index is 1110. The molecule has 0 radical (unpaired) electrons. The number of hydrogen-bond donors (Lipinski definition) is 0. The first-order chi connectivity index (χ1) is 15.9. The maximum absolute atomic E-state index is 13.1. The average Bonchev–Trinajstić information content (AvgIpc) is 3.28. The van der Waals surface area contributed by atoms with Crippen molar-refractivity contribution in [1.82, 2.24) is 9.21 Å². The minimum Gasteiger partial charge on any atom is -0.369 e. The highest BCUT2D eigenvalue weighted by Gasteiger charge is 2.31. The lowest BCUT2D eigenvalue weighted by Gasteiger charge is -2.35. The molecule has 0 amide bonds. The second kappa shape index (κ2) is 9.74. The van der Waals surface area contributed by atoms with Gasteiger partial charge in [0.1, 0.15) is 4.90 Å². The molecule has 2 fully saturated rings. The highest BCUT2D eigenvalue weighted by atomic mass is 35.5. The summed E-state index contributed by atoms with van der Waals surface area (Å²) in [6.45, 7) is 4.48. The summed E-state index contributed by atoms with van der Waals surface area (Å²) in [6, 6.07) is 12.4. The van der Waals surface area contributed by atoms with Crippen LogP contribution in [0, 0.1) is 0 Å². The number of benzene rings is 2. The molecule has 2 aromatic carbocycles. The highest BCUT2D eigenvalue weighted by molar-refractivity contribution is 7.89. The SMILES string of the molecule is O=S(=O)(c1cccc(Cl)c1Cl)N1CCN(c2ccc3c(c2)CCN(C2CCCC2)CC3)CC1. The van der Waals surface area contributed by atoms with E-state index < -0.39 is 10.0 Å². The third-order valence-corrected chi connectivity index (χ3v) is 10.4. The number of nitrogens with zero attached hydrogens (tertiary/aromatic N) is 3. The first-order valence-electron chi connectivity index (χ1n) is 12.0. The zero-order chi connectivity index (χ0) is 23.0. The molecule has 2 aromatic rings. The van der Waals surface area contributed by atoms with Gasteiger partial charge < -0.3 is 4.90 Å². The Morgan fingerprint density at radius 1 is 0.818 bits per heavy atom. The summed E-state index contributed by atoms with van der Waals surface area (Å²) in [7, 11) is -3.67. The summed E-state index contributed by atoms with van der Waals surface area (Å²) in [5, 5.41) is 0.354. The number of rotatable bonds is 4. The molecule has 5 rings (SSSR count). The van der Waals surface area contributed by atoms with E-state index in [0.717, 1.165) is 25.4 Å². The molecule has 0 bridgehead atoms. The van der Waals surface area contributed by atoms with E-state index in [1.54, 1.807) is 12.1 Å². The van der Waals surface area contributed by atoms with E-state index in [4.69, 9.17) is 23.2 Å². The molecule has 1 saturated carbocycles. The molecule has 3 aliphatic rings. The van der Waals surface area contributed by atoms with Crippen LogP contribution in [0.4, 0.5) is 5.69 Å². The maximum Gasteiger partial charge on any atom is 0.244 e. The number of piperazine rings is 1. The normalized spacial score (nSPS) is 21.2. The summed E-state index contributed by atoms with van der Waals surface area (Å²) in [5.41, 5.74) is 4.12. The van der Waals surface area contributed by atoms with Gasteiger partial charge in [0, 0.05) is 51.0 Å². The Morgan fingerprint density at radius 3 is 2.24 bits per heavy atom. The van der Waals surface area contributed by atoms with Crippen molar-refractivity contribution in [2.45, 2.75) is 49.5 Å². The summed E-state index contributed by atoms with van der Waals surface area (Å²) in [4.78, 5) is 5.09. The highest BCUT2D eigenvalue weighted by Crippen LogP contribution is 2.32. The first kappa shape index (κ1) is 23.4. The van der Waals surface area contributed by atoms with Crippen molar-refractivity contribution in [2.75, 3.05) is 44.2 Å². The predicted molar refractivity (Wildman–Crippen MR) is 135 cm³/mol. The molecule has 178 valence electrons. The lowest BCUT2D eigenvalue weighted by Crippen LogP contribution is -2.48. The zero-order valence-corrected chi connectivity index (χ0v) is 21.2. The standard InChI is InChI=1S/C25H31Cl2N3O2S/c26-23-6-3-7-24(25(23)27)33(31,32)30-16-14-29(15-17-30)22-9-8-19-10-12-28(13-11-20(19)18-22)21-4-1-2-5-21/h3,6-9,18,21H,1-2,4-5,10-17H2. The van der Waals surface area contributed by atoms with E-state index in [9.17, 15) is 8.42 Å². The zero-order valence-electron chi connectivity index (χ0n) is 18.8. The van der Waals surface area contributed by atoms with Crippen molar-refractivity contribution in [2.24, 2.45) is 0 Å². The van der Waals surface area contributed by atoms with Gasteiger partial charge in [0.15, 0.2) is 0 Å². The molecule has 2 heterocycles. The fourth-order valence-electron chi connectivity index (χ4n) is 5.57. The van der Waals surface area contributed by atoms with Gasteiger partial charge in [-0.3, -0.25) is 4.90 Å². The van der Waals surface area contributed by atoms with Crippen molar-refractivity contribution in [1.29, 1.82) is 0 Å². The van der Waals surface area contributed by atoms with Crippen LogP contribution < -0.4 is 4.90 Å². The van der Waals surface area contributed by atoms with Crippen molar-refractivity contribution in [3.05, 3.63) is 57.6 Å². The van der Waals surface area contributed by atoms with E-state index in [1.807, 2.05) is 0 Å². The molecule has 5 nitrogen and oxygen atoms in total. The Kier molecular flexibility index (Phi) is 6.92. The van der Waals surface area contributed by atoms with Gasteiger partial charge in [-0.15, -0.1) is 0 Å². The minimum atomic E-state index is -3.67. The number of hydrogen-bond acceptors (Lipinski definition) is 4. The second-order valence-corrected chi connectivity index (χ2v) is 12.1. The summed E-state index contributed by atoms with van der Waals surface area (Å²) in [6.07, 6.45) is 7.69. The third-order valence-electron chi connectivity index (χ3n) is 7.51. The Morgan fingerprint density at radius 2 is 1.52 bits per heavy atom. The fraction of sp³-hybridized carbons (Fsp3) is 0.520. The molecule has 8 heteroatoms. The van der Waals surface area contributed by atoms with Crippen LogP contribution >= 0.6 is 23.2 Å². The minimum absolute atomic E-state index is 0.0852. The molecule has 0 aromatic heterocycles. The maximum atomic E-state index is 13.1. The topological polar surface area (TPSA) is 43.9 Å². The molecule has 0 unspecified atom stereocenters. The van der Waals surface area contributed by atoms with Gasteiger partial charge in [0.2, 0.25) is 10.0 Å². The first-order valence-corrected chi connectivity index (χ1v) is 14.2. The monoisotopic (exact) mass is 507 g/mol. The van der Waals surface area contributed by atoms with E-state index in [-0.39, 0.29) is 14.9 Å². The van der Waals surface area contributed by atoms with Gasteiger partial charge in [-0.2, -0.15) is 4.31 Å². The third kappa shape index (κ3) is 4.78. The Labute approximate surface area is 207 Å². The summed E-state index contributed by atoms with van der Waals surface area (Å²) >= 11 is 12.3. The van der Waals surface area contributed by atoms with Crippen LogP contribution in [0.15, 0.2) is 41.3 Å². The number of halogens is 2. The van der Waals surface area contributed by atoms with E-state index in [0.29, 0.717) is 26.2 Å². The van der Waals surface area contributed by atoms with Crippen LogP contribution in [0.5, 0.6) is 0 Å². The molecule has 0 N–H and O–H groups in total. The van der Waals surface area contributed by atoms with Crippen LogP contribution in [0.3, 0.4) is 0 Å². The van der Waals surface area contributed by atoms with Crippen LogP contribution in [0.2, 0.25) is 10.0 Å². The molecular formula is C25H31Cl2N3O2S.